The smallest absolute Gasteiger partial charge is 0.504 e. The summed E-state index contributed by atoms with van der Waals surface area (Å²) in [5, 5.41) is 20.5. The molecule has 2 rings (SSSR count). The van der Waals surface area contributed by atoms with E-state index in [1.54, 1.807) is 48.8 Å². The molecule has 0 aliphatic carbocycles. The zero-order valence-corrected chi connectivity index (χ0v) is 18.6. The average molecular weight is 443 g/mol. The van der Waals surface area contributed by atoms with Crippen LogP contribution in [0.1, 0.15) is 38.8 Å². The van der Waals surface area contributed by atoms with Crippen molar-refractivity contribution in [3.05, 3.63) is 47.5 Å². The van der Waals surface area contributed by atoms with E-state index in [4.69, 9.17) is 9.47 Å². The maximum atomic E-state index is 10.2. The van der Waals surface area contributed by atoms with E-state index < -0.39 is 11.1 Å². The van der Waals surface area contributed by atoms with Crippen molar-refractivity contribution in [3.63, 3.8) is 0 Å². The molecule has 0 unspecified atom stereocenters. The van der Waals surface area contributed by atoms with E-state index in [1.165, 1.54) is 14.2 Å². The molecule has 0 aliphatic rings. The topological polar surface area (TPSA) is 83.6 Å². The third kappa shape index (κ3) is 5.52. The van der Waals surface area contributed by atoms with Crippen LogP contribution >= 0.6 is 0 Å². The molecule has 0 amide bonds. The fraction of sp³-hybridized carbons (Fsp3) is 0.364. The van der Waals surface area contributed by atoms with E-state index in [0.717, 1.165) is 0 Å². The van der Waals surface area contributed by atoms with Gasteiger partial charge in [0.2, 0.25) is 0 Å². The molecular weight excluding hydrogens is 415 g/mol. The van der Waals surface area contributed by atoms with Crippen LogP contribution in [-0.4, -0.2) is 47.9 Å². The minimum Gasteiger partial charge on any atom is -0.504 e. The predicted octanol–water partition coefficient (Wildman–Crippen LogP) is 4.21. The Balaban J connectivity index is 0.00000420. The number of rotatable bonds is 7. The van der Waals surface area contributed by atoms with Crippen molar-refractivity contribution >= 4 is 12.4 Å². The number of methoxy groups -OCH3 is 2. The van der Waals surface area contributed by atoms with Gasteiger partial charge in [-0.15, -0.1) is 0 Å². The van der Waals surface area contributed by atoms with Crippen LogP contribution in [0, 0.1) is 0 Å². The van der Waals surface area contributed by atoms with E-state index >= 15 is 0 Å². The summed E-state index contributed by atoms with van der Waals surface area (Å²) in [7, 11) is 3.01. The van der Waals surface area contributed by atoms with Gasteiger partial charge in [-0.2, -0.15) is 0 Å². The molecule has 0 bridgehead atoms. The van der Waals surface area contributed by atoms with Gasteiger partial charge in [-0.3, -0.25) is 9.98 Å². The molecule has 0 saturated heterocycles. The molecular formula is C22H28CoN2O4+2. The summed E-state index contributed by atoms with van der Waals surface area (Å²) in [6.45, 7) is 7.85. The summed E-state index contributed by atoms with van der Waals surface area (Å²) in [6, 6.07) is 10.5. The molecule has 1 radical (unpaired) electrons. The Morgan fingerprint density at radius 3 is 1.38 bits per heavy atom. The molecule has 0 fully saturated rings. The second-order valence-electron chi connectivity index (χ2n) is 7.43. The Morgan fingerprint density at radius 1 is 0.724 bits per heavy atom. The van der Waals surface area contributed by atoms with Gasteiger partial charge in [0.05, 0.1) is 25.3 Å². The number of phenols is 2. The normalized spacial score (nSPS) is 12.2. The maximum absolute atomic E-state index is 10.2. The van der Waals surface area contributed by atoms with Gasteiger partial charge in [-0.05, 0) is 52.0 Å². The summed E-state index contributed by atoms with van der Waals surface area (Å²) in [4.78, 5) is 9.32. The van der Waals surface area contributed by atoms with E-state index in [0.29, 0.717) is 22.6 Å². The van der Waals surface area contributed by atoms with Crippen molar-refractivity contribution in [2.75, 3.05) is 14.2 Å². The first-order valence-electron chi connectivity index (χ1n) is 8.95. The van der Waals surface area contributed by atoms with Crippen molar-refractivity contribution < 1.29 is 36.5 Å². The van der Waals surface area contributed by atoms with Crippen molar-refractivity contribution in [1.82, 2.24) is 0 Å². The molecule has 2 aromatic rings. The van der Waals surface area contributed by atoms with E-state index in [-0.39, 0.29) is 28.3 Å². The molecule has 157 valence electrons. The van der Waals surface area contributed by atoms with Crippen LogP contribution < -0.4 is 9.47 Å². The average Bonchev–Trinajstić information content (AvgIpc) is 2.66. The summed E-state index contributed by atoms with van der Waals surface area (Å²) in [6.07, 6.45) is 3.25. The second-order valence-corrected chi connectivity index (χ2v) is 7.43. The number of hydrogen-bond donors (Lipinski definition) is 2. The minimum atomic E-state index is -0.590. The quantitative estimate of drug-likeness (QED) is 0.628. The Bertz CT molecular complexity index is 819. The molecule has 6 nitrogen and oxygen atoms in total. The number of nitrogens with zero attached hydrogens (tertiary/aromatic N) is 2. The molecule has 0 saturated carbocycles. The first-order chi connectivity index (χ1) is 13.1. The molecule has 0 spiro atoms. The number of benzene rings is 2. The Hall–Kier alpha value is -2.51. The van der Waals surface area contributed by atoms with E-state index in [9.17, 15) is 10.2 Å². The monoisotopic (exact) mass is 443 g/mol. The third-order valence-electron chi connectivity index (χ3n) is 5.05. The predicted molar refractivity (Wildman–Crippen MR) is 113 cm³/mol. The number of aromatic hydroxyl groups is 2. The number of aliphatic imine (C=N–C) groups is 2. The van der Waals surface area contributed by atoms with Crippen LogP contribution in [0.5, 0.6) is 23.0 Å². The van der Waals surface area contributed by atoms with E-state index in [2.05, 4.69) is 9.98 Å². The number of ether oxygens (including phenoxy) is 2. The molecule has 0 aromatic heterocycles. The Morgan fingerprint density at radius 2 is 1.07 bits per heavy atom. The standard InChI is InChI=1S/C22H28N2O4.Co/c1-21(2,23-13-15-9-7-11-17(27-5)19(15)25)22(3,4)24-14-16-10-8-12-18(28-6)20(16)26;/h7-14,25-26H,1-6H3;/q;+2. The minimum absolute atomic E-state index is 0. The number of phenolic OH excluding ortho intramolecular Hbond substituents is 2. The zero-order chi connectivity index (χ0) is 20.9. The van der Waals surface area contributed by atoms with Gasteiger partial charge in [0.1, 0.15) is 0 Å². The number of para-hydroxylation sites is 2. The SMILES string of the molecule is COc1cccc(C=NC(C)(C)C(C)(C)N=Cc2cccc(OC)c2O)c1O.[Co+2]. The van der Waals surface area contributed by atoms with Gasteiger partial charge in [-0.25, -0.2) is 0 Å². The van der Waals surface area contributed by atoms with Crippen LogP contribution in [-0.2, 0) is 16.8 Å². The van der Waals surface area contributed by atoms with Gasteiger partial charge in [-0.1, -0.05) is 12.1 Å². The van der Waals surface area contributed by atoms with Gasteiger partial charge < -0.3 is 19.7 Å². The Kier molecular flexibility index (Phi) is 8.29. The first kappa shape index (κ1) is 24.5. The van der Waals surface area contributed by atoms with Crippen LogP contribution in [0.4, 0.5) is 0 Å². The summed E-state index contributed by atoms with van der Waals surface area (Å²) in [5.41, 5.74) is -0.0450. The molecule has 0 atom stereocenters. The zero-order valence-electron chi connectivity index (χ0n) is 17.6. The van der Waals surface area contributed by atoms with Crippen molar-refractivity contribution in [3.8, 4) is 23.0 Å². The van der Waals surface area contributed by atoms with Gasteiger partial charge in [0.15, 0.2) is 23.0 Å². The largest absolute Gasteiger partial charge is 2.00 e. The second kappa shape index (κ2) is 9.80. The van der Waals surface area contributed by atoms with Crippen molar-refractivity contribution in [1.29, 1.82) is 0 Å². The molecule has 0 heterocycles. The molecule has 2 N–H and O–H groups in total. The van der Waals surface area contributed by atoms with Crippen molar-refractivity contribution in [2.24, 2.45) is 9.98 Å². The van der Waals surface area contributed by atoms with E-state index in [1.807, 2.05) is 27.7 Å². The number of hydrogen-bond acceptors (Lipinski definition) is 6. The van der Waals surface area contributed by atoms with Gasteiger partial charge in [0, 0.05) is 23.6 Å². The summed E-state index contributed by atoms with van der Waals surface area (Å²) in [5.74, 6) is 0.888. The fourth-order valence-electron chi connectivity index (χ4n) is 2.39. The molecule has 7 heteroatoms. The summed E-state index contributed by atoms with van der Waals surface area (Å²) < 4.78 is 10.3. The molecule has 29 heavy (non-hydrogen) atoms. The Labute approximate surface area is 182 Å². The van der Waals surface area contributed by atoms with Crippen LogP contribution in [0.15, 0.2) is 46.4 Å². The van der Waals surface area contributed by atoms with Crippen molar-refractivity contribution in [2.45, 2.75) is 38.8 Å². The van der Waals surface area contributed by atoms with Crippen LogP contribution in [0.2, 0.25) is 0 Å². The maximum Gasteiger partial charge on any atom is 2.00 e. The fourth-order valence-corrected chi connectivity index (χ4v) is 2.39. The van der Waals surface area contributed by atoms with Gasteiger partial charge in [0.25, 0.3) is 0 Å². The van der Waals surface area contributed by atoms with Gasteiger partial charge >= 0.3 is 16.8 Å². The molecule has 0 aliphatic heterocycles. The third-order valence-corrected chi connectivity index (χ3v) is 5.05. The first-order valence-corrected chi connectivity index (χ1v) is 8.95. The van der Waals surface area contributed by atoms with Crippen LogP contribution in [0.3, 0.4) is 0 Å². The summed E-state index contributed by atoms with van der Waals surface area (Å²) >= 11 is 0. The molecule has 2 aromatic carbocycles. The van der Waals surface area contributed by atoms with Crippen LogP contribution in [0.25, 0.3) is 0 Å².